The normalized spacial score (nSPS) is 20.9. The Morgan fingerprint density at radius 1 is 1.23 bits per heavy atom. The molecule has 1 aliphatic rings. The van der Waals surface area contributed by atoms with Crippen LogP contribution in [0.15, 0.2) is 27.4 Å². The summed E-state index contributed by atoms with van der Waals surface area (Å²) in [6.45, 7) is 0.574. The first-order valence-electron chi connectivity index (χ1n) is 8.48. The first-order valence-corrected chi connectivity index (χ1v) is 8.48. The van der Waals surface area contributed by atoms with E-state index >= 15 is 0 Å². The number of rotatable bonds is 5. The van der Waals surface area contributed by atoms with Crippen molar-refractivity contribution in [3.8, 4) is 11.5 Å². The molecule has 1 heterocycles. The fraction of sp³-hybridized carbons (Fsp3) is 0.529. The molecule has 3 rings (SSSR count). The number of aliphatic hydroxyl groups is 1. The summed E-state index contributed by atoms with van der Waals surface area (Å²) >= 11 is 0. The third-order valence-electron chi connectivity index (χ3n) is 4.82. The van der Waals surface area contributed by atoms with Crippen LogP contribution >= 0.6 is 0 Å². The summed E-state index contributed by atoms with van der Waals surface area (Å²) in [6.07, 6.45) is -0.996. The molecule has 1 fully saturated rings. The van der Waals surface area contributed by atoms with E-state index in [2.05, 4.69) is 15.5 Å². The lowest BCUT2D eigenvalue weighted by atomic mass is 9.82. The molecule has 0 amide bonds. The van der Waals surface area contributed by atoms with Crippen molar-refractivity contribution in [3.05, 3.63) is 34.3 Å². The van der Waals surface area contributed by atoms with Gasteiger partial charge in [0.05, 0.1) is 5.56 Å². The van der Waals surface area contributed by atoms with Crippen molar-refractivity contribution in [2.24, 2.45) is 11.8 Å². The summed E-state index contributed by atoms with van der Waals surface area (Å²) in [6, 6.07) is 3.47. The molecule has 1 aromatic heterocycles. The highest BCUT2D eigenvalue weighted by atomic mass is 19.4. The van der Waals surface area contributed by atoms with Gasteiger partial charge >= 0.3 is 11.9 Å². The third kappa shape index (κ3) is 4.27. The van der Waals surface area contributed by atoms with Crippen molar-refractivity contribution in [2.75, 3.05) is 18.5 Å². The second kappa shape index (κ2) is 7.53. The van der Waals surface area contributed by atoms with Crippen LogP contribution in [0, 0.1) is 11.8 Å². The minimum Gasteiger partial charge on any atom is -0.396 e. The number of H-pyrrole nitrogens is 1. The maximum atomic E-state index is 13.3. The Morgan fingerprint density at radius 2 is 1.92 bits per heavy atom. The van der Waals surface area contributed by atoms with E-state index in [1.54, 1.807) is 0 Å². The van der Waals surface area contributed by atoms with Gasteiger partial charge in [-0.3, -0.25) is 0 Å². The number of hydrogen-bond acceptors (Lipinski definition) is 5. The number of aliphatic hydroxyl groups excluding tert-OH is 1. The molecule has 26 heavy (non-hydrogen) atoms. The van der Waals surface area contributed by atoms with Gasteiger partial charge < -0.3 is 14.8 Å². The van der Waals surface area contributed by atoms with Crippen LogP contribution < -0.4 is 11.1 Å². The average Bonchev–Trinajstić information content (AvgIpc) is 3.06. The minimum absolute atomic E-state index is 0.0600. The van der Waals surface area contributed by atoms with Gasteiger partial charge in [-0.2, -0.15) is 13.2 Å². The standard InChI is InChI=1S/C17H20F3N3O3/c18-17(19,20)13-6-5-12(15-22-23-16(25)26-15)7-14(13)21-8-10-1-3-11(9-24)4-2-10/h5-7,10-11,21,24H,1-4,8-9H2,(H,23,25). The Morgan fingerprint density at radius 3 is 2.50 bits per heavy atom. The fourth-order valence-corrected chi connectivity index (χ4v) is 3.30. The predicted octanol–water partition coefficient (Wildman–Crippen LogP) is 3.26. The highest BCUT2D eigenvalue weighted by Gasteiger charge is 2.34. The molecule has 1 aliphatic carbocycles. The lowest BCUT2D eigenvalue weighted by molar-refractivity contribution is -0.136. The van der Waals surface area contributed by atoms with Crippen LogP contribution in [0.3, 0.4) is 0 Å². The van der Waals surface area contributed by atoms with Crippen molar-refractivity contribution >= 4 is 5.69 Å². The first kappa shape index (κ1) is 18.5. The molecular weight excluding hydrogens is 351 g/mol. The number of alkyl halides is 3. The van der Waals surface area contributed by atoms with Crippen molar-refractivity contribution < 1.29 is 22.7 Å². The molecule has 0 bridgehead atoms. The van der Waals surface area contributed by atoms with Gasteiger partial charge in [-0.25, -0.2) is 9.89 Å². The summed E-state index contributed by atoms with van der Waals surface area (Å²) in [5.41, 5.74) is -0.559. The van der Waals surface area contributed by atoms with Gasteiger partial charge in [0.15, 0.2) is 0 Å². The molecule has 2 aromatic rings. The maximum absolute atomic E-state index is 13.3. The van der Waals surface area contributed by atoms with Gasteiger partial charge in [0.1, 0.15) is 0 Å². The zero-order chi connectivity index (χ0) is 18.7. The number of nitrogens with one attached hydrogen (secondary N) is 2. The molecule has 0 spiro atoms. The van der Waals surface area contributed by atoms with Gasteiger partial charge in [-0.15, -0.1) is 5.10 Å². The van der Waals surface area contributed by atoms with Gasteiger partial charge in [-0.05, 0) is 55.7 Å². The van der Waals surface area contributed by atoms with Crippen LogP contribution in [0.5, 0.6) is 0 Å². The molecule has 3 N–H and O–H groups in total. The Kier molecular flexibility index (Phi) is 5.36. The lowest BCUT2D eigenvalue weighted by Gasteiger charge is -2.28. The highest BCUT2D eigenvalue weighted by molar-refractivity contribution is 5.65. The topological polar surface area (TPSA) is 91.2 Å². The zero-order valence-corrected chi connectivity index (χ0v) is 14.0. The van der Waals surface area contributed by atoms with Crippen molar-refractivity contribution in [1.29, 1.82) is 0 Å². The van der Waals surface area contributed by atoms with E-state index in [4.69, 9.17) is 4.42 Å². The molecule has 9 heteroatoms. The lowest BCUT2D eigenvalue weighted by Crippen LogP contribution is -2.23. The van der Waals surface area contributed by atoms with Crippen LogP contribution in [0.1, 0.15) is 31.2 Å². The molecule has 0 saturated heterocycles. The summed E-state index contributed by atoms with van der Waals surface area (Å²) in [7, 11) is 0. The second-order valence-electron chi connectivity index (χ2n) is 6.63. The maximum Gasteiger partial charge on any atom is 0.434 e. The molecule has 1 aromatic carbocycles. The molecule has 0 unspecified atom stereocenters. The van der Waals surface area contributed by atoms with Gasteiger partial charge in [0, 0.05) is 24.4 Å². The SMILES string of the molecule is O=c1[nH]nc(-c2ccc(C(F)(F)F)c(NCC3CCC(CO)CC3)c2)o1. The number of benzene rings is 1. The number of aromatic amines is 1. The number of nitrogens with zero attached hydrogens (tertiary/aromatic N) is 1. The first-order chi connectivity index (χ1) is 12.4. The molecular formula is C17H20F3N3O3. The number of hydrogen-bond donors (Lipinski definition) is 3. The minimum atomic E-state index is -4.50. The van der Waals surface area contributed by atoms with E-state index in [0.717, 1.165) is 31.7 Å². The van der Waals surface area contributed by atoms with E-state index in [1.165, 1.54) is 12.1 Å². The predicted molar refractivity (Wildman–Crippen MR) is 88.6 cm³/mol. The summed E-state index contributed by atoms with van der Waals surface area (Å²) < 4.78 is 44.7. The van der Waals surface area contributed by atoms with E-state index in [1.807, 2.05) is 0 Å². The fourth-order valence-electron chi connectivity index (χ4n) is 3.30. The molecule has 142 valence electrons. The van der Waals surface area contributed by atoms with Crippen LogP contribution in [0.2, 0.25) is 0 Å². The van der Waals surface area contributed by atoms with E-state index in [9.17, 15) is 23.1 Å². The number of aromatic nitrogens is 2. The van der Waals surface area contributed by atoms with Crippen LogP contribution in [-0.4, -0.2) is 28.5 Å². The summed E-state index contributed by atoms with van der Waals surface area (Å²) in [5.74, 6) is -0.279. The van der Waals surface area contributed by atoms with Crippen molar-refractivity contribution in [3.63, 3.8) is 0 Å². The van der Waals surface area contributed by atoms with Crippen LogP contribution in [-0.2, 0) is 6.18 Å². The largest absolute Gasteiger partial charge is 0.434 e. The number of anilines is 1. The van der Waals surface area contributed by atoms with Crippen molar-refractivity contribution in [2.45, 2.75) is 31.9 Å². The third-order valence-corrected chi connectivity index (χ3v) is 4.82. The molecule has 1 saturated carbocycles. The van der Waals surface area contributed by atoms with Gasteiger partial charge in [0.2, 0.25) is 5.89 Å². The quantitative estimate of drug-likeness (QED) is 0.750. The Hall–Kier alpha value is -2.29. The highest BCUT2D eigenvalue weighted by Crippen LogP contribution is 2.37. The van der Waals surface area contributed by atoms with E-state index < -0.39 is 17.5 Å². The smallest absolute Gasteiger partial charge is 0.396 e. The Balaban J connectivity index is 1.78. The summed E-state index contributed by atoms with van der Waals surface area (Å²) in [5, 5.41) is 17.8. The molecule has 0 aliphatic heterocycles. The Bertz CT molecular complexity index is 792. The summed E-state index contributed by atoms with van der Waals surface area (Å²) in [4.78, 5) is 11.1. The second-order valence-corrected chi connectivity index (χ2v) is 6.63. The van der Waals surface area contributed by atoms with Gasteiger partial charge in [-0.1, -0.05) is 0 Å². The van der Waals surface area contributed by atoms with E-state index in [0.29, 0.717) is 12.5 Å². The Labute approximate surface area is 147 Å². The van der Waals surface area contributed by atoms with Crippen LogP contribution in [0.4, 0.5) is 18.9 Å². The zero-order valence-electron chi connectivity index (χ0n) is 14.0. The average molecular weight is 371 g/mol. The van der Waals surface area contributed by atoms with Gasteiger partial charge in [0.25, 0.3) is 0 Å². The molecule has 6 nitrogen and oxygen atoms in total. The number of halogens is 3. The molecule has 0 atom stereocenters. The van der Waals surface area contributed by atoms with Crippen molar-refractivity contribution in [1.82, 2.24) is 10.2 Å². The monoisotopic (exact) mass is 371 g/mol. The van der Waals surface area contributed by atoms with Crippen LogP contribution in [0.25, 0.3) is 11.5 Å². The molecule has 0 radical (unpaired) electrons. The van der Waals surface area contributed by atoms with E-state index in [-0.39, 0.29) is 29.7 Å².